The summed E-state index contributed by atoms with van der Waals surface area (Å²) in [7, 11) is 0. The van der Waals surface area contributed by atoms with Crippen LogP contribution in [0.3, 0.4) is 0 Å². The van der Waals surface area contributed by atoms with Gasteiger partial charge in [-0.1, -0.05) is 0 Å². The van der Waals surface area contributed by atoms with E-state index in [2.05, 4.69) is 15.0 Å². The number of pyridine rings is 1. The van der Waals surface area contributed by atoms with E-state index in [1.165, 1.54) is 0 Å². The first-order chi connectivity index (χ1) is 9.22. The van der Waals surface area contributed by atoms with Crippen molar-refractivity contribution in [2.45, 2.75) is 20.0 Å². The molecule has 2 heterocycles. The van der Waals surface area contributed by atoms with Gasteiger partial charge in [0.2, 0.25) is 0 Å². The van der Waals surface area contributed by atoms with Crippen LogP contribution in [0, 0.1) is 0 Å². The Morgan fingerprint density at radius 3 is 2.58 bits per heavy atom. The number of nitrogens with zero attached hydrogens (tertiary/aromatic N) is 2. The number of fused-ring (bicyclic) bond motifs is 1. The van der Waals surface area contributed by atoms with E-state index in [0.717, 1.165) is 28.2 Å². The number of nitrogens with one attached hydrogen (secondary N) is 1. The summed E-state index contributed by atoms with van der Waals surface area (Å²) in [5.74, 6) is 1.72. The molecule has 4 heteroatoms. The van der Waals surface area contributed by atoms with Gasteiger partial charge in [-0.3, -0.25) is 4.98 Å². The molecule has 0 unspecified atom stereocenters. The molecule has 0 saturated heterocycles. The summed E-state index contributed by atoms with van der Waals surface area (Å²) in [6, 6.07) is 9.82. The third-order valence-corrected chi connectivity index (χ3v) is 2.78. The first-order valence-electron chi connectivity index (χ1n) is 6.29. The van der Waals surface area contributed by atoms with Gasteiger partial charge in [0.1, 0.15) is 11.6 Å². The number of aromatic nitrogens is 3. The maximum absolute atomic E-state index is 5.62. The highest BCUT2D eigenvalue weighted by atomic mass is 16.5. The lowest BCUT2D eigenvalue weighted by atomic mass is 10.2. The highest BCUT2D eigenvalue weighted by molar-refractivity contribution is 5.78. The van der Waals surface area contributed by atoms with Gasteiger partial charge in [0.25, 0.3) is 0 Å². The smallest absolute Gasteiger partial charge is 0.138 e. The second kappa shape index (κ2) is 4.72. The number of ether oxygens (including phenoxy) is 1. The second-order valence-electron chi connectivity index (χ2n) is 4.67. The standard InChI is InChI=1S/C15H15N3O/c1-10(2)19-12-5-3-11(4-6-12)15-17-13-7-8-16-9-14(13)18-15/h3-10H,1-2H3,(H,17,18). The minimum absolute atomic E-state index is 0.183. The molecule has 0 bridgehead atoms. The van der Waals surface area contributed by atoms with Crippen LogP contribution in [0.15, 0.2) is 42.7 Å². The molecule has 3 aromatic rings. The number of imidazole rings is 1. The molecule has 0 aliphatic rings. The minimum atomic E-state index is 0.183. The molecule has 4 nitrogen and oxygen atoms in total. The van der Waals surface area contributed by atoms with Crippen LogP contribution in [-0.2, 0) is 0 Å². The maximum Gasteiger partial charge on any atom is 0.138 e. The predicted molar refractivity (Wildman–Crippen MR) is 75.1 cm³/mol. The van der Waals surface area contributed by atoms with Gasteiger partial charge in [-0.05, 0) is 44.2 Å². The molecule has 1 aromatic carbocycles. The molecule has 0 spiro atoms. The first kappa shape index (κ1) is 11.7. The Balaban J connectivity index is 1.93. The number of hydrogen-bond donors (Lipinski definition) is 1. The van der Waals surface area contributed by atoms with Gasteiger partial charge >= 0.3 is 0 Å². The first-order valence-corrected chi connectivity index (χ1v) is 6.29. The summed E-state index contributed by atoms with van der Waals surface area (Å²) in [5, 5.41) is 0. The van der Waals surface area contributed by atoms with Crippen molar-refractivity contribution in [1.29, 1.82) is 0 Å². The predicted octanol–water partition coefficient (Wildman–Crippen LogP) is 3.41. The lowest BCUT2D eigenvalue weighted by Crippen LogP contribution is -2.05. The molecule has 19 heavy (non-hydrogen) atoms. The van der Waals surface area contributed by atoms with Crippen LogP contribution in [0.1, 0.15) is 13.8 Å². The number of hydrogen-bond acceptors (Lipinski definition) is 3. The summed E-state index contributed by atoms with van der Waals surface area (Å²) in [4.78, 5) is 11.9. The fraction of sp³-hybridized carbons (Fsp3) is 0.200. The second-order valence-corrected chi connectivity index (χ2v) is 4.67. The summed E-state index contributed by atoms with van der Waals surface area (Å²) in [6.07, 6.45) is 3.71. The Morgan fingerprint density at radius 2 is 1.89 bits per heavy atom. The normalized spacial score (nSPS) is 11.1. The third kappa shape index (κ3) is 2.42. The van der Waals surface area contributed by atoms with Gasteiger partial charge in [0.15, 0.2) is 0 Å². The van der Waals surface area contributed by atoms with Gasteiger partial charge in [-0.25, -0.2) is 4.98 Å². The van der Waals surface area contributed by atoms with Crippen LogP contribution < -0.4 is 4.74 Å². The highest BCUT2D eigenvalue weighted by Crippen LogP contribution is 2.22. The summed E-state index contributed by atoms with van der Waals surface area (Å²) in [6.45, 7) is 4.03. The molecule has 3 rings (SSSR count). The lowest BCUT2D eigenvalue weighted by Gasteiger charge is -2.09. The molecule has 0 saturated carbocycles. The maximum atomic E-state index is 5.62. The Bertz CT molecular complexity index is 653. The number of rotatable bonds is 3. The zero-order valence-corrected chi connectivity index (χ0v) is 10.9. The Hall–Kier alpha value is -2.36. The molecule has 0 aliphatic carbocycles. The van der Waals surface area contributed by atoms with E-state index in [1.807, 2.05) is 44.2 Å². The molecule has 0 aliphatic heterocycles. The van der Waals surface area contributed by atoms with Crippen molar-refractivity contribution in [2.24, 2.45) is 0 Å². The van der Waals surface area contributed by atoms with E-state index in [-0.39, 0.29) is 6.10 Å². The minimum Gasteiger partial charge on any atom is -0.491 e. The Morgan fingerprint density at radius 1 is 1.11 bits per heavy atom. The van der Waals surface area contributed by atoms with Gasteiger partial charge in [0, 0.05) is 11.8 Å². The van der Waals surface area contributed by atoms with Gasteiger partial charge in [0.05, 0.1) is 23.3 Å². The van der Waals surface area contributed by atoms with E-state index in [1.54, 1.807) is 12.4 Å². The van der Waals surface area contributed by atoms with Crippen LogP contribution in [-0.4, -0.2) is 21.1 Å². The highest BCUT2D eigenvalue weighted by Gasteiger charge is 2.05. The van der Waals surface area contributed by atoms with Crippen molar-refractivity contribution in [3.8, 4) is 17.1 Å². The zero-order chi connectivity index (χ0) is 13.2. The lowest BCUT2D eigenvalue weighted by molar-refractivity contribution is 0.242. The van der Waals surface area contributed by atoms with E-state index >= 15 is 0 Å². The van der Waals surface area contributed by atoms with E-state index in [0.29, 0.717) is 0 Å². The topological polar surface area (TPSA) is 50.8 Å². The molecular weight excluding hydrogens is 238 g/mol. The summed E-state index contributed by atoms with van der Waals surface area (Å²) < 4.78 is 5.62. The van der Waals surface area contributed by atoms with Crippen LogP contribution in [0.4, 0.5) is 0 Å². The third-order valence-electron chi connectivity index (χ3n) is 2.78. The fourth-order valence-corrected chi connectivity index (χ4v) is 1.96. The van der Waals surface area contributed by atoms with Crippen molar-refractivity contribution < 1.29 is 4.74 Å². The van der Waals surface area contributed by atoms with Crippen LogP contribution in [0.5, 0.6) is 5.75 Å². The van der Waals surface area contributed by atoms with Gasteiger partial charge in [-0.15, -0.1) is 0 Å². The molecule has 0 amide bonds. The van der Waals surface area contributed by atoms with Crippen LogP contribution in [0.2, 0.25) is 0 Å². The Kier molecular flexibility index (Phi) is 2.91. The van der Waals surface area contributed by atoms with Crippen LogP contribution in [0.25, 0.3) is 22.4 Å². The fourth-order valence-electron chi connectivity index (χ4n) is 1.96. The summed E-state index contributed by atoms with van der Waals surface area (Å²) in [5.41, 5.74) is 2.90. The average molecular weight is 253 g/mol. The molecule has 0 radical (unpaired) electrons. The van der Waals surface area contributed by atoms with E-state index in [9.17, 15) is 0 Å². The molecule has 0 atom stereocenters. The monoisotopic (exact) mass is 253 g/mol. The van der Waals surface area contributed by atoms with Gasteiger partial charge in [-0.2, -0.15) is 0 Å². The summed E-state index contributed by atoms with van der Waals surface area (Å²) >= 11 is 0. The SMILES string of the molecule is CC(C)Oc1ccc(-c2nc3ccncc3[nH]2)cc1. The number of H-pyrrole nitrogens is 1. The van der Waals surface area contributed by atoms with Crippen LogP contribution >= 0.6 is 0 Å². The average Bonchev–Trinajstić information content (AvgIpc) is 2.82. The number of benzene rings is 1. The Labute approximate surface area is 111 Å². The van der Waals surface area contributed by atoms with E-state index < -0.39 is 0 Å². The quantitative estimate of drug-likeness (QED) is 0.778. The van der Waals surface area contributed by atoms with Crippen molar-refractivity contribution in [1.82, 2.24) is 15.0 Å². The van der Waals surface area contributed by atoms with Crippen molar-refractivity contribution >= 4 is 11.0 Å². The molecule has 2 aromatic heterocycles. The van der Waals surface area contributed by atoms with E-state index in [4.69, 9.17) is 4.74 Å². The van der Waals surface area contributed by atoms with Crippen molar-refractivity contribution in [3.05, 3.63) is 42.7 Å². The van der Waals surface area contributed by atoms with Crippen molar-refractivity contribution in [2.75, 3.05) is 0 Å². The zero-order valence-electron chi connectivity index (χ0n) is 10.9. The molecule has 96 valence electrons. The molecule has 0 fully saturated rings. The number of aromatic amines is 1. The van der Waals surface area contributed by atoms with Gasteiger partial charge < -0.3 is 9.72 Å². The molecule has 1 N–H and O–H groups in total. The molecular formula is C15H15N3O. The largest absolute Gasteiger partial charge is 0.491 e. The van der Waals surface area contributed by atoms with Crippen molar-refractivity contribution in [3.63, 3.8) is 0 Å².